The van der Waals surface area contributed by atoms with Gasteiger partial charge in [-0.2, -0.15) is 0 Å². The molecule has 0 spiro atoms. The number of hydrogen-bond donors (Lipinski definition) is 2. The second-order valence-electron chi connectivity index (χ2n) is 5.64. The molecule has 0 aliphatic rings. The molecule has 1 aromatic carbocycles. The first kappa shape index (κ1) is 17.3. The maximum atomic E-state index is 11.4. The summed E-state index contributed by atoms with van der Waals surface area (Å²) in [5, 5.41) is 13.3. The van der Waals surface area contributed by atoms with Crippen molar-refractivity contribution in [2.45, 2.75) is 33.3 Å². The van der Waals surface area contributed by atoms with Crippen molar-refractivity contribution in [2.24, 2.45) is 0 Å². The lowest BCUT2D eigenvalue weighted by Crippen LogP contribution is -2.32. The molecule has 0 saturated carbocycles. The molecule has 0 aromatic heterocycles. The van der Waals surface area contributed by atoms with Crippen LogP contribution in [0, 0.1) is 28.9 Å². The number of nitrogens with zero attached hydrogens (tertiary/aromatic N) is 1. The van der Waals surface area contributed by atoms with E-state index in [0.717, 1.165) is 0 Å². The third kappa shape index (κ3) is 5.32. The van der Waals surface area contributed by atoms with Gasteiger partial charge in [-0.15, -0.1) is 0 Å². The maximum Gasteiger partial charge on any atom is 0.408 e. The number of ether oxygens (including phenoxy) is 1. The minimum atomic E-state index is -0.572. The van der Waals surface area contributed by atoms with Crippen LogP contribution < -0.4 is 11.1 Å². The average Bonchev–Trinajstić information content (AvgIpc) is 2.35. The zero-order valence-electron chi connectivity index (χ0n) is 13.0. The predicted octanol–water partition coefficient (Wildman–Crippen LogP) is 2.36. The summed E-state index contributed by atoms with van der Waals surface area (Å²) in [6.45, 7) is 6.99. The number of amides is 1. The van der Waals surface area contributed by atoms with Gasteiger partial charge in [0.1, 0.15) is 5.60 Å². The Hall–Kier alpha value is -2.75. The van der Waals surface area contributed by atoms with E-state index in [2.05, 4.69) is 17.2 Å². The molecule has 22 heavy (non-hydrogen) atoms. The van der Waals surface area contributed by atoms with Crippen LogP contribution in [-0.2, 0) is 4.74 Å². The van der Waals surface area contributed by atoms with Gasteiger partial charge in [-0.3, -0.25) is 10.1 Å². The highest BCUT2D eigenvalue weighted by Crippen LogP contribution is 2.23. The minimum absolute atomic E-state index is 0.0464. The summed E-state index contributed by atoms with van der Waals surface area (Å²) < 4.78 is 5.06. The molecule has 0 fully saturated rings. The van der Waals surface area contributed by atoms with E-state index in [1.54, 1.807) is 33.8 Å². The number of nitrogen functional groups attached to an aromatic ring is 1. The molecular weight excluding hydrogens is 286 g/mol. The molecule has 1 amide bonds. The summed E-state index contributed by atoms with van der Waals surface area (Å²) in [4.78, 5) is 21.7. The smallest absolute Gasteiger partial charge is 0.408 e. The van der Waals surface area contributed by atoms with Gasteiger partial charge in [0.2, 0.25) is 0 Å². The van der Waals surface area contributed by atoms with Crippen LogP contribution in [0.4, 0.5) is 16.2 Å². The number of benzene rings is 1. The van der Waals surface area contributed by atoms with Crippen molar-refractivity contribution in [1.82, 2.24) is 5.32 Å². The topological polar surface area (TPSA) is 107 Å². The molecule has 3 N–H and O–H groups in total. The molecule has 0 aliphatic carbocycles. The predicted molar refractivity (Wildman–Crippen MR) is 83.4 cm³/mol. The fourth-order valence-electron chi connectivity index (χ4n) is 1.59. The summed E-state index contributed by atoms with van der Waals surface area (Å²) in [6, 6.07) is 2.83. The van der Waals surface area contributed by atoms with Crippen molar-refractivity contribution in [2.75, 3.05) is 12.3 Å². The molecule has 0 aliphatic heterocycles. The molecule has 0 radical (unpaired) electrons. The van der Waals surface area contributed by atoms with E-state index in [4.69, 9.17) is 10.5 Å². The molecular formula is C15H19N3O4. The normalized spacial score (nSPS) is 10.4. The Morgan fingerprint density at radius 3 is 2.64 bits per heavy atom. The van der Waals surface area contributed by atoms with Crippen LogP contribution in [0.1, 0.15) is 31.9 Å². The Balaban J connectivity index is 2.72. The van der Waals surface area contributed by atoms with Crippen molar-refractivity contribution in [1.29, 1.82) is 0 Å². The van der Waals surface area contributed by atoms with Gasteiger partial charge in [-0.25, -0.2) is 4.79 Å². The van der Waals surface area contributed by atoms with Gasteiger partial charge >= 0.3 is 6.09 Å². The average molecular weight is 305 g/mol. The van der Waals surface area contributed by atoms with Gasteiger partial charge in [0.15, 0.2) is 0 Å². The van der Waals surface area contributed by atoms with Gasteiger partial charge in [0, 0.05) is 17.2 Å². The van der Waals surface area contributed by atoms with Crippen LogP contribution in [0.5, 0.6) is 0 Å². The number of carbonyl (C=O) groups is 1. The summed E-state index contributed by atoms with van der Waals surface area (Å²) in [5.41, 5.74) is 6.30. The third-order valence-corrected chi connectivity index (χ3v) is 2.51. The minimum Gasteiger partial charge on any atom is -0.444 e. The Morgan fingerprint density at radius 1 is 1.45 bits per heavy atom. The van der Waals surface area contributed by atoms with E-state index in [1.807, 2.05) is 0 Å². The Bertz CT molecular complexity index is 651. The molecule has 0 unspecified atom stereocenters. The van der Waals surface area contributed by atoms with Crippen LogP contribution in [0.15, 0.2) is 12.1 Å². The molecule has 0 heterocycles. The second-order valence-corrected chi connectivity index (χ2v) is 5.64. The summed E-state index contributed by atoms with van der Waals surface area (Å²) >= 11 is 0. The number of carbonyl (C=O) groups excluding carboxylic acids is 1. The number of nitrogens with two attached hydrogens (primary N) is 1. The zero-order valence-corrected chi connectivity index (χ0v) is 13.0. The molecule has 0 bridgehead atoms. The van der Waals surface area contributed by atoms with E-state index in [9.17, 15) is 14.9 Å². The van der Waals surface area contributed by atoms with Crippen LogP contribution in [0.2, 0.25) is 0 Å². The fourth-order valence-corrected chi connectivity index (χ4v) is 1.59. The lowest BCUT2D eigenvalue weighted by atomic mass is 10.1. The highest BCUT2D eigenvalue weighted by atomic mass is 16.6. The first-order valence-corrected chi connectivity index (χ1v) is 6.60. The number of rotatable bonds is 2. The largest absolute Gasteiger partial charge is 0.444 e. The van der Waals surface area contributed by atoms with E-state index in [1.165, 1.54) is 6.07 Å². The number of aryl methyl sites for hydroxylation is 1. The number of nitro benzene ring substituents is 1. The lowest BCUT2D eigenvalue weighted by Gasteiger charge is -2.19. The van der Waals surface area contributed by atoms with Crippen LogP contribution in [-0.4, -0.2) is 23.2 Å². The maximum absolute atomic E-state index is 11.4. The number of anilines is 1. The quantitative estimate of drug-likeness (QED) is 0.377. The van der Waals surface area contributed by atoms with E-state index in [-0.39, 0.29) is 17.9 Å². The summed E-state index contributed by atoms with van der Waals surface area (Å²) in [7, 11) is 0. The lowest BCUT2D eigenvalue weighted by molar-refractivity contribution is -0.385. The Morgan fingerprint density at radius 2 is 2.09 bits per heavy atom. The number of nitro groups is 1. The van der Waals surface area contributed by atoms with E-state index in [0.29, 0.717) is 11.1 Å². The van der Waals surface area contributed by atoms with Crippen molar-refractivity contribution in [3.05, 3.63) is 33.4 Å². The summed E-state index contributed by atoms with van der Waals surface area (Å²) in [6.07, 6.45) is -0.561. The van der Waals surface area contributed by atoms with Crippen molar-refractivity contribution >= 4 is 17.5 Å². The number of hydrogen-bond acceptors (Lipinski definition) is 5. The number of alkyl carbamates (subject to hydrolysis) is 1. The summed E-state index contributed by atoms with van der Waals surface area (Å²) in [5.74, 6) is 5.49. The molecule has 1 rings (SSSR count). The SMILES string of the molecule is Cc1cc(C#CCNC(=O)OC(C)(C)C)c(N)cc1[N+](=O)[O-]. The van der Waals surface area contributed by atoms with Gasteiger partial charge in [-0.1, -0.05) is 11.8 Å². The van der Waals surface area contributed by atoms with E-state index >= 15 is 0 Å². The highest BCUT2D eigenvalue weighted by Gasteiger charge is 2.15. The standard InChI is InChI=1S/C15H19N3O4/c1-10-8-11(12(16)9-13(10)18(20)21)6-5-7-17-14(19)22-15(2,3)4/h8-9H,7,16H2,1-4H3,(H,17,19). The zero-order chi connectivity index (χ0) is 16.9. The van der Waals surface area contributed by atoms with E-state index < -0.39 is 16.6 Å². The van der Waals surface area contributed by atoms with Gasteiger partial charge in [0.25, 0.3) is 5.69 Å². The second kappa shape index (κ2) is 6.80. The molecule has 0 atom stereocenters. The highest BCUT2D eigenvalue weighted by molar-refractivity contribution is 5.68. The van der Waals surface area contributed by atoms with Gasteiger partial charge < -0.3 is 15.8 Å². The first-order valence-electron chi connectivity index (χ1n) is 6.60. The molecule has 118 valence electrons. The van der Waals surface area contributed by atoms with Crippen molar-refractivity contribution < 1.29 is 14.5 Å². The number of nitrogens with one attached hydrogen (secondary N) is 1. The van der Waals surface area contributed by atoms with Crippen LogP contribution in [0.3, 0.4) is 0 Å². The fraction of sp³-hybridized carbons (Fsp3) is 0.400. The molecule has 0 saturated heterocycles. The van der Waals surface area contributed by atoms with Gasteiger partial charge in [0.05, 0.1) is 17.2 Å². The first-order chi connectivity index (χ1) is 10.1. The van der Waals surface area contributed by atoms with Crippen LogP contribution in [0.25, 0.3) is 0 Å². The molecule has 7 heteroatoms. The van der Waals surface area contributed by atoms with Gasteiger partial charge in [-0.05, 0) is 33.8 Å². The Kier molecular flexibility index (Phi) is 5.35. The van der Waals surface area contributed by atoms with Crippen LogP contribution >= 0.6 is 0 Å². The molecule has 7 nitrogen and oxygen atoms in total. The monoisotopic (exact) mass is 305 g/mol. The third-order valence-electron chi connectivity index (χ3n) is 2.51. The molecule has 1 aromatic rings. The van der Waals surface area contributed by atoms with Crippen molar-refractivity contribution in [3.63, 3.8) is 0 Å². The van der Waals surface area contributed by atoms with Crippen molar-refractivity contribution in [3.8, 4) is 11.8 Å². The Labute approximate surface area is 129 Å².